The molecule has 10 nitrogen and oxygen atoms in total. The molecule has 0 bridgehead atoms. The largest absolute Gasteiger partial charge is 0.378 e. The Morgan fingerprint density at radius 3 is 1.71 bits per heavy atom. The third-order valence-electron chi connectivity index (χ3n) is 10.7. The molecule has 2 fully saturated rings. The Balaban J connectivity index is 0.000000203. The first-order valence-electron chi connectivity index (χ1n) is 19.7. The summed E-state index contributed by atoms with van der Waals surface area (Å²) in [5.74, 6) is -2.00. The number of aromatic nitrogens is 5. The van der Waals surface area contributed by atoms with E-state index in [0.29, 0.717) is 62.2 Å². The van der Waals surface area contributed by atoms with E-state index in [1.807, 2.05) is 43.8 Å². The molecule has 17 heteroatoms. The predicted molar refractivity (Wildman–Crippen MR) is 241 cm³/mol. The zero-order chi connectivity index (χ0) is 43.5. The van der Waals surface area contributed by atoms with E-state index >= 15 is 4.39 Å². The van der Waals surface area contributed by atoms with Crippen molar-refractivity contribution in [2.45, 2.75) is 23.6 Å². The zero-order valence-electron chi connectivity index (χ0n) is 34.2. The molecule has 0 radical (unpaired) electrons. The van der Waals surface area contributed by atoms with Gasteiger partial charge >= 0.3 is 0 Å². The summed E-state index contributed by atoms with van der Waals surface area (Å²) in [7, 11) is 0. The van der Waals surface area contributed by atoms with Gasteiger partial charge in [-0.1, -0.05) is 11.6 Å². The van der Waals surface area contributed by atoms with E-state index in [9.17, 15) is 13.2 Å². The number of nitrogens with zero attached hydrogens (tertiary/aromatic N) is 7. The highest BCUT2D eigenvalue weighted by atomic mass is 35.5. The molecular formula is C45H41ClF4N8O2S2. The summed E-state index contributed by atoms with van der Waals surface area (Å²) in [5.41, 5.74) is 6.68. The molecule has 5 aromatic heterocycles. The zero-order valence-corrected chi connectivity index (χ0v) is 36.6. The van der Waals surface area contributed by atoms with Crippen LogP contribution in [0.3, 0.4) is 0 Å². The number of anilines is 4. The average Bonchev–Trinajstić information content (AvgIpc) is 3.29. The molecule has 2 saturated heterocycles. The van der Waals surface area contributed by atoms with Crippen molar-refractivity contribution >= 4 is 79.8 Å². The highest BCUT2D eigenvalue weighted by Crippen LogP contribution is 2.41. The number of benzene rings is 2. The van der Waals surface area contributed by atoms with Crippen LogP contribution in [0.4, 0.5) is 40.4 Å². The van der Waals surface area contributed by atoms with E-state index in [-0.39, 0.29) is 26.8 Å². The summed E-state index contributed by atoms with van der Waals surface area (Å²) in [5, 5.41) is 4.13. The monoisotopic (exact) mass is 900 g/mol. The van der Waals surface area contributed by atoms with Crippen LogP contribution in [-0.2, 0) is 9.47 Å². The Labute approximate surface area is 369 Å². The van der Waals surface area contributed by atoms with E-state index in [4.69, 9.17) is 31.0 Å². The number of morpholine rings is 2. The fraction of sp³-hybridized carbons (Fsp3) is 0.267. The van der Waals surface area contributed by atoms with Gasteiger partial charge in [0.15, 0.2) is 5.82 Å². The van der Waals surface area contributed by atoms with Crippen molar-refractivity contribution < 1.29 is 27.0 Å². The van der Waals surface area contributed by atoms with Crippen LogP contribution in [0, 0.1) is 37.1 Å². The predicted octanol–water partition coefficient (Wildman–Crippen LogP) is 10.7. The summed E-state index contributed by atoms with van der Waals surface area (Å²) >= 11 is 9.41. The van der Waals surface area contributed by atoms with Crippen molar-refractivity contribution in [2.24, 2.45) is 0 Å². The number of fused-ring (bicyclic) bond motifs is 2. The maximum atomic E-state index is 15.5. The number of ether oxygens (including phenoxy) is 2. The smallest absolute Gasteiger partial charge is 0.152 e. The van der Waals surface area contributed by atoms with Crippen LogP contribution in [0.15, 0.2) is 83.2 Å². The summed E-state index contributed by atoms with van der Waals surface area (Å²) in [4.78, 5) is 28.8. The summed E-state index contributed by atoms with van der Waals surface area (Å²) in [6.07, 6.45) is 12.7. The first kappa shape index (κ1) is 43.4. The lowest BCUT2D eigenvalue weighted by Crippen LogP contribution is -2.38. The van der Waals surface area contributed by atoms with Gasteiger partial charge in [-0.15, -0.1) is 23.5 Å². The molecule has 0 spiro atoms. The van der Waals surface area contributed by atoms with Crippen LogP contribution in [0.5, 0.6) is 0 Å². The molecule has 0 saturated carbocycles. The quantitative estimate of drug-likeness (QED) is 0.116. The number of hydrogen-bond donors (Lipinski definition) is 1. The van der Waals surface area contributed by atoms with E-state index in [0.717, 1.165) is 68.9 Å². The minimum absolute atomic E-state index is 0.137. The molecule has 320 valence electrons. The molecule has 0 atom stereocenters. The Bertz CT molecular complexity index is 2790. The SMILES string of the molecule is CSc1cncc(-c2nc3cc(F)cc(F)c3c(Cl)c2C)c1.CSc1cncc(-c2nc3cc(F)cc(F)c3c(Nc3cc(N4CCOCC4)cnc3N3CCOCC3)c2C)c1. The van der Waals surface area contributed by atoms with Gasteiger partial charge < -0.3 is 24.6 Å². The standard InChI is InChI=1S/C29H30F2N6O2S.C16H11ClF2N2S/c1-18-27(19-11-22(40-2)17-32-15-19)34-24-13-20(30)12-23(31)26(24)28(18)35-25-14-21(36-3-7-38-8-4-36)16-33-29(25)37-5-9-39-10-6-37;1-8-15(17)14-12(19)4-10(18)5-13(14)21-16(8)9-3-11(22-2)7-20-6-9/h11-17H,3-10H2,1-2H3,(H,34,35);3-7H,1-2H3. The molecule has 9 rings (SSSR count). The number of hydrogen-bond acceptors (Lipinski definition) is 12. The molecule has 1 N–H and O–H groups in total. The van der Waals surface area contributed by atoms with E-state index < -0.39 is 23.3 Å². The number of nitrogens with one attached hydrogen (secondary N) is 1. The van der Waals surface area contributed by atoms with Crippen molar-refractivity contribution in [3.05, 3.63) is 113 Å². The summed E-state index contributed by atoms with van der Waals surface area (Å²) < 4.78 is 68.4. The van der Waals surface area contributed by atoms with Gasteiger partial charge in [0.05, 0.1) is 87.9 Å². The molecule has 0 unspecified atom stereocenters. The second-order valence-electron chi connectivity index (χ2n) is 14.5. The lowest BCUT2D eigenvalue weighted by Gasteiger charge is -2.32. The molecule has 0 aliphatic carbocycles. The lowest BCUT2D eigenvalue weighted by molar-refractivity contribution is 0.122. The van der Waals surface area contributed by atoms with Crippen molar-refractivity contribution in [1.82, 2.24) is 24.9 Å². The van der Waals surface area contributed by atoms with E-state index in [2.05, 4.69) is 30.1 Å². The molecule has 7 heterocycles. The topological polar surface area (TPSA) is 101 Å². The Morgan fingerprint density at radius 2 is 1.15 bits per heavy atom. The van der Waals surface area contributed by atoms with E-state index in [1.54, 1.807) is 55.2 Å². The van der Waals surface area contributed by atoms with Crippen LogP contribution >= 0.6 is 35.1 Å². The second-order valence-corrected chi connectivity index (χ2v) is 16.7. The average molecular weight is 901 g/mol. The highest BCUT2D eigenvalue weighted by molar-refractivity contribution is 7.98. The number of rotatable bonds is 8. The summed E-state index contributed by atoms with van der Waals surface area (Å²) in [6.45, 7) is 9.03. The maximum Gasteiger partial charge on any atom is 0.152 e. The minimum atomic E-state index is -0.710. The second kappa shape index (κ2) is 19.0. The van der Waals surface area contributed by atoms with Gasteiger partial charge in [-0.05, 0) is 55.7 Å². The van der Waals surface area contributed by atoms with Gasteiger partial charge in [0, 0.05) is 96.1 Å². The Kier molecular flexibility index (Phi) is 13.3. The molecule has 2 aliphatic rings. The first-order valence-corrected chi connectivity index (χ1v) is 22.5. The van der Waals surface area contributed by atoms with Gasteiger partial charge in [0.1, 0.15) is 23.3 Å². The molecule has 2 aromatic carbocycles. The lowest BCUT2D eigenvalue weighted by atomic mass is 10.0. The Morgan fingerprint density at radius 1 is 0.629 bits per heavy atom. The number of thioether (sulfide) groups is 2. The minimum Gasteiger partial charge on any atom is -0.378 e. The van der Waals surface area contributed by atoms with Gasteiger partial charge in [0.25, 0.3) is 0 Å². The van der Waals surface area contributed by atoms with Crippen molar-refractivity contribution in [3.8, 4) is 22.5 Å². The normalized spacial score (nSPS) is 14.3. The fourth-order valence-electron chi connectivity index (χ4n) is 7.50. The third-order valence-corrected chi connectivity index (χ3v) is 12.5. The molecule has 7 aromatic rings. The first-order chi connectivity index (χ1) is 30.0. The molecule has 2 aliphatic heterocycles. The highest BCUT2D eigenvalue weighted by Gasteiger charge is 2.24. The Hall–Kier alpha value is -5.26. The summed E-state index contributed by atoms with van der Waals surface area (Å²) in [6, 6.07) is 10.1. The van der Waals surface area contributed by atoms with Crippen molar-refractivity contribution in [1.29, 1.82) is 0 Å². The van der Waals surface area contributed by atoms with Crippen LogP contribution in [0.2, 0.25) is 5.02 Å². The molecular weight excluding hydrogens is 860 g/mol. The van der Waals surface area contributed by atoms with Gasteiger partial charge in [-0.3, -0.25) is 9.97 Å². The third kappa shape index (κ3) is 9.11. The van der Waals surface area contributed by atoms with Crippen LogP contribution in [0.25, 0.3) is 44.3 Å². The molecule has 62 heavy (non-hydrogen) atoms. The van der Waals surface area contributed by atoms with Gasteiger partial charge in [-0.2, -0.15) is 0 Å². The van der Waals surface area contributed by atoms with Gasteiger partial charge in [0.2, 0.25) is 0 Å². The van der Waals surface area contributed by atoms with Crippen LogP contribution in [0.1, 0.15) is 11.1 Å². The maximum absolute atomic E-state index is 15.5. The van der Waals surface area contributed by atoms with Crippen molar-refractivity contribution in [2.75, 3.05) is 80.2 Å². The number of halogens is 5. The van der Waals surface area contributed by atoms with E-state index in [1.165, 1.54) is 12.1 Å². The molecule has 0 amide bonds. The van der Waals surface area contributed by atoms with Crippen LogP contribution < -0.4 is 15.1 Å². The fourth-order valence-corrected chi connectivity index (χ4v) is 8.60. The van der Waals surface area contributed by atoms with Gasteiger partial charge in [-0.25, -0.2) is 32.5 Å². The number of pyridine rings is 5. The van der Waals surface area contributed by atoms with Crippen LogP contribution in [-0.4, -0.2) is 90.0 Å². The van der Waals surface area contributed by atoms with Crippen molar-refractivity contribution in [3.63, 3.8) is 0 Å².